The van der Waals surface area contributed by atoms with E-state index in [1.54, 1.807) is 36.4 Å². The molecule has 0 aliphatic carbocycles. The zero-order valence-electron chi connectivity index (χ0n) is 13.7. The molecule has 0 fully saturated rings. The molecule has 0 bridgehead atoms. The fourth-order valence-corrected chi connectivity index (χ4v) is 2.92. The molecule has 0 aliphatic rings. The van der Waals surface area contributed by atoms with Crippen molar-refractivity contribution in [3.8, 4) is 0 Å². The minimum atomic E-state index is -0.769. The van der Waals surface area contributed by atoms with Gasteiger partial charge in [-0.1, -0.05) is 30.3 Å². The van der Waals surface area contributed by atoms with Gasteiger partial charge in [0.1, 0.15) is 0 Å². The van der Waals surface area contributed by atoms with E-state index in [0.29, 0.717) is 16.5 Å². The van der Waals surface area contributed by atoms with Crippen molar-refractivity contribution in [1.82, 2.24) is 9.78 Å². The Morgan fingerprint density at radius 3 is 2.50 bits per heavy atom. The van der Waals surface area contributed by atoms with Crippen LogP contribution >= 0.6 is 22.6 Å². The number of halogens is 1. The number of carbonyl (C=O) groups is 2. The molecule has 1 amide bonds. The number of hydrogen-bond donors (Lipinski definition) is 1. The number of aromatic nitrogens is 2. The number of nitrogens with zero attached hydrogens (tertiary/aromatic N) is 2. The smallest absolute Gasteiger partial charge is 0.359 e. The molecule has 2 aromatic carbocycles. The number of benzene rings is 2. The van der Waals surface area contributed by atoms with E-state index in [9.17, 15) is 14.4 Å². The average Bonchev–Trinajstić information content (AvgIpc) is 2.64. The molecule has 0 saturated heterocycles. The number of esters is 1. The maximum absolute atomic E-state index is 12.4. The Morgan fingerprint density at radius 2 is 1.77 bits per heavy atom. The van der Waals surface area contributed by atoms with Crippen LogP contribution in [-0.4, -0.2) is 28.3 Å². The minimum absolute atomic E-state index is 0.00945. The van der Waals surface area contributed by atoms with Crippen LogP contribution in [0.2, 0.25) is 0 Å². The Morgan fingerprint density at radius 1 is 1.12 bits per heavy atom. The van der Waals surface area contributed by atoms with Crippen molar-refractivity contribution in [3.05, 3.63) is 68.1 Å². The molecule has 1 heterocycles. The normalized spacial score (nSPS) is 10.5. The SMILES string of the molecule is Cn1nc(C(=O)OCC(=O)Nc2ccccc2I)c2ccccc2c1=O. The van der Waals surface area contributed by atoms with Crippen LogP contribution in [0.25, 0.3) is 10.8 Å². The fourth-order valence-electron chi connectivity index (χ4n) is 2.40. The highest BCUT2D eigenvalue weighted by atomic mass is 127. The zero-order valence-corrected chi connectivity index (χ0v) is 15.9. The topological polar surface area (TPSA) is 90.3 Å². The maximum Gasteiger partial charge on any atom is 0.359 e. The van der Waals surface area contributed by atoms with Crippen LogP contribution in [0.1, 0.15) is 10.5 Å². The number of amides is 1. The van der Waals surface area contributed by atoms with E-state index in [1.165, 1.54) is 7.05 Å². The molecule has 0 aliphatic heterocycles. The van der Waals surface area contributed by atoms with Gasteiger partial charge >= 0.3 is 5.97 Å². The summed E-state index contributed by atoms with van der Waals surface area (Å²) < 4.78 is 7.02. The summed E-state index contributed by atoms with van der Waals surface area (Å²) in [4.78, 5) is 36.5. The molecule has 1 aromatic heterocycles. The first kappa shape index (κ1) is 18.1. The molecular formula is C18H14IN3O4. The van der Waals surface area contributed by atoms with Crippen molar-refractivity contribution in [2.24, 2.45) is 7.05 Å². The Labute approximate surface area is 162 Å². The molecule has 8 heteroatoms. The van der Waals surface area contributed by atoms with Gasteiger partial charge in [0.15, 0.2) is 12.3 Å². The first-order valence-corrected chi connectivity index (χ1v) is 8.73. The van der Waals surface area contributed by atoms with Gasteiger partial charge in [0.05, 0.1) is 11.1 Å². The van der Waals surface area contributed by atoms with Gasteiger partial charge in [-0.25, -0.2) is 9.48 Å². The molecule has 7 nitrogen and oxygen atoms in total. The van der Waals surface area contributed by atoms with Crippen molar-refractivity contribution < 1.29 is 14.3 Å². The van der Waals surface area contributed by atoms with Gasteiger partial charge in [-0.15, -0.1) is 0 Å². The molecule has 3 rings (SSSR count). The lowest BCUT2D eigenvalue weighted by atomic mass is 10.1. The van der Waals surface area contributed by atoms with Crippen molar-refractivity contribution in [3.63, 3.8) is 0 Å². The average molecular weight is 463 g/mol. The number of hydrogen-bond acceptors (Lipinski definition) is 5. The number of aryl methyl sites for hydroxylation is 1. The monoisotopic (exact) mass is 463 g/mol. The van der Waals surface area contributed by atoms with Crippen LogP contribution < -0.4 is 10.9 Å². The van der Waals surface area contributed by atoms with Crippen molar-refractivity contribution >= 4 is 50.9 Å². The molecule has 0 radical (unpaired) electrons. The van der Waals surface area contributed by atoms with Gasteiger partial charge in [0, 0.05) is 16.0 Å². The Balaban J connectivity index is 1.76. The molecule has 26 heavy (non-hydrogen) atoms. The van der Waals surface area contributed by atoms with Crippen molar-refractivity contribution in [2.45, 2.75) is 0 Å². The summed E-state index contributed by atoms with van der Waals surface area (Å²) in [6, 6.07) is 13.9. The van der Waals surface area contributed by atoms with Gasteiger partial charge < -0.3 is 10.1 Å². The summed E-state index contributed by atoms with van der Waals surface area (Å²) >= 11 is 2.10. The fraction of sp³-hybridized carbons (Fsp3) is 0.111. The van der Waals surface area contributed by atoms with Gasteiger partial charge in [0.2, 0.25) is 0 Å². The largest absolute Gasteiger partial charge is 0.451 e. The quantitative estimate of drug-likeness (QED) is 0.474. The first-order chi connectivity index (χ1) is 12.5. The second-order valence-corrected chi connectivity index (χ2v) is 6.59. The molecule has 0 unspecified atom stereocenters. The van der Waals surface area contributed by atoms with E-state index >= 15 is 0 Å². The van der Waals surface area contributed by atoms with Crippen LogP contribution in [0.5, 0.6) is 0 Å². The molecule has 0 saturated carbocycles. The second-order valence-electron chi connectivity index (χ2n) is 5.43. The van der Waals surface area contributed by atoms with Crippen LogP contribution in [0, 0.1) is 3.57 Å². The number of anilines is 1. The van der Waals surface area contributed by atoms with Gasteiger partial charge in [-0.3, -0.25) is 9.59 Å². The number of fused-ring (bicyclic) bond motifs is 1. The van der Waals surface area contributed by atoms with Gasteiger partial charge in [0.25, 0.3) is 11.5 Å². The van der Waals surface area contributed by atoms with Crippen molar-refractivity contribution in [2.75, 3.05) is 11.9 Å². The van der Waals surface area contributed by atoms with Crippen LogP contribution in [0.3, 0.4) is 0 Å². The number of para-hydroxylation sites is 1. The number of carbonyl (C=O) groups excluding carboxylic acids is 2. The van der Waals surface area contributed by atoms with E-state index < -0.39 is 18.5 Å². The Hall–Kier alpha value is -2.75. The summed E-state index contributed by atoms with van der Waals surface area (Å²) in [7, 11) is 1.45. The van der Waals surface area contributed by atoms with E-state index in [2.05, 4.69) is 33.0 Å². The molecule has 132 valence electrons. The summed E-state index contributed by atoms with van der Waals surface area (Å²) in [6.07, 6.45) is 0. The lowest BCUT2D eigenvalue weighted by Gasteiger charge is -2.09. The standard InChI is InChI=1S/C18H14IN3O4/c1-22-17(24)12-7-3-2-6-11(12)16(21-22)18(25)26-10-15(23)20-14-9-5-4-8-13(14)19/h2-9H,10H2,1H3,(H,20,23). The third-order valence-corrected chi connectivity index (χ3v) is 4.57. The summed E-state index contributed by atoms with van der Waals surface area (Å²) in [5.41, 5.74) is 0.318. The highest BCUT2D eigenvalue weighted by Gasteiger charge is 2.18. The number of rotatable bonds is 4. The summed E-state index contributed by atoms with van der Waals surface area (Å²) in [5, 5.41) is 7.40. The molecule has 0 atom stereocenters. The van der Waals surface area contributed by atoms with Crippen LogP contribution in [-0.2, 0) is 16.6 Å². The van der Waals surface area contributed by atoms with Gasteiger partial charge in [-0.2, -0.15) is 5.10 Å². The predicted molar refractivity (Wildman–Crippen MR) is 105 cm³/mol. The highest BCUT2D eigenvalue weighted by Crippen LogP contribution is 2.17. The third kappa shape index (κ3) is 3.74. The Bertz CT molecular complexity index is 1060. The molecular weight excluding hydrogens is 449 g/mol. The van der Waals surface area contributed by atoms with E-state index in [0.717, 1.165) is 8.25 Å². The van der Waals surface area contributed by atoms with Crippen LogP contribution in [0.4, 0.5) is 5.69 Å². The first-order valence-electron chi connectivity index (χ1n) is 7.65. The molecule has 3 aromatic rings. The second kappa shape index (κ2) is 7.65. The highest BCUT2D eigenvalue weighted by molar-refractivity contribution is 14.1. The lowest BCUT2D eigenvalue weighted by molar-refractivity contribution is -0.119. The van der Waals surface area contributed by atoms with Crippen LogP contribution in [0.15, 0.2) is 53.3 Å². The van der Waals surface area contributed by atoms with Gasteiger partial charge in [-0.05, 0) is 40.8 Å². The summed E-state index contributed by atoms with van der Waals surface area (Å²) in [5.74, 6) is -1.23. The molecule has 1 N–H and O–H groups in total. The maximum atomic E-state index is 12.4. The van der Waals surface area contributed by atoms with E-state index in [1.807, 2.05) is 12.1 Å². The van der Waals surface area contributed by atoms with Crippen molar-refractivity contribution in [1.29, 1.82) is 0 Å². The number of nitrogens with one attached hydrogen (secondary N) is 1. The Kier molecular flexibility index (Phi) is 5.31. The molecule has 0 spiro atoms. The number of ether oxygens (including phenoxy) is 1. The lowest BCUT2D eigenvalue weighted by Crippen LogP contribution is -2.26. The minimum Gasteiger partial charge on any atom is -0.451 e. The van der Waals surface area contributed by atoms with E-state index in [4.69, 9.17) is 4.74 Å². The van der Waals surface area contributed by atoms with E-state index in [-0.39, 0.29) is 11.3 Å². The predicted octanol–water partition coefficient (Wildman–Crippen LogP) is 2.33. The summed E-state index contributed by atoms with van der Waals surface area (Å²) in [6.45, 7) is -0.456. The third-order valence-electron chi connectivity index (χ3n) is 3.63. The zero-order chi connectivity index (χ0) is 18.7.